The zero-order valence-electron chi connectivity index (χ0n) is 16.8. The van der Waals surface area contributed by atoms with Crippen molar-refractivity contribution >= 4 is 33.9 Å². The molecule has 1 N–H and O–H groups in total. The molecule has 0 saturated heterocycles. The molecule has 1 aliphatic rings. The van der Waals surface area contributed by atoms with Gasteiger partial charge < -0.3 is 9.40 Å². The number of H-pyrrole nitrogens is 1. The summed E-state index contributed by atoms with van der Waals surface area (Å²) in [7, 11) is 0. The molecular formula is C20H16F5N5O2S. The Balaban J connectivity index is 1.38. The molecule has 4 aromatic rings. The Labute approximate surface area is 186 Å². The van der Waals surface area contributed by atoms with E-state index in [2.05, 4.69) is 20.1 Å². The van der Waals surface area contributed by atoms with Crippen LogP contribution < -0.4 is 5.56 Å². The SMILES string of the molecule is O=c1[nH]c(SCc2nc3cc(C(F)(F)F)ccc3o2)nc2c1cnn2C1CCC(F)(F)CC1. The molecule has 0 unspecified atom stereocenters. The largest absolute Gasteiger partial charge is 0.440 e. The molecule has 3 aromatic heterocycles. The third-order valence-corrected chi connectivity index (χ3v) is 6.42. The molecule has 0 radical (unpaired) electrons. The van der Waals surface area contributed by atoms with Crippen molar-refractivity contribution in [1.29, 1.82) is 0 Å². The van der Waals surface area contributed by atoms with Gasteiger partial charge in [0, 0.05) is 12.8 Å². The highest BCUT2D eigenvalue weighted by Gasteiger charge is 2.36. The van der Waals surface area contributed by atoms with Gasteiger partial charge in [0.05, 0.1) is 23.6 Å². The fourth-order valence-corrected chi connectivity index (χ4v) is 4.56. The van der Waals surface area contributed by atoms with Crippen molar-refractivity contribution in [3.63, 3.8) is 0 Å². The quantitative estimate of drug-likeness (QED) is 0.239. The Morgan fingerprint density at radius 3 is 2.70 bits per heavy atom. The smallest absolute Gasteiger partial charge is 0.416 e. The first-order valence-corrected chi connectivity index (χ1v) is 11.0. The van der Waals surface area contributed by atoms with Gasteiger partial charge in [-0.2, -0.15) is 18.3 Å². The van der Waals surface area contributed by atoms with Crippen LogP contribution in [-0.4, -0.2) is 30.7 Å². The second-order valence-electron chi connectivity index (χ2n) is 7.86. The van der Waals surface area contributed by atoms with Crippen LogP contribution in [0.15, 0.2) is 38.8 Å². The van der Waals surface area contributed by atoms with Crippen LogP contribution in [0.2, 0.25) is 0 Å². The number of hydrogen-bond acceptors (Lipinski definition) is 6. The zero-order valence-corrected chi connectivity index (χ0v) is 17.6. The summed E-state index contributed by atoms with van der Waals surface area (Å²) in [5.41, 5.74) is -0.675. The van der Waals surface area contributed by atoms with Gasteiger partial charge in [0.1, 0.15) is 10.9 Å². The molecule has 0 amide bonds. The topological polar surface area (TPSA) is 89.6 Å². The van der Waals surface area contributed by atoms with Gasteiger partial charge in [0.2, 0.25) is 11.8 Å². The number of aromatic amines is 1. The number of alkyl halides is 5. The third kappa shape index (κ3) is 4.33. The minimum atomic E-state index is -4.49. The summed E-state index contributed by atoms with van der Waals surface area (Å²) in [6.45, 7) is 0. The van der Waals surface area contributed by atoms with E-state index in [9.17, 15) is 26.7 Å². The van der Waals surface area contributed by atoms with E-state index in [4.69, 9.17) is 4.42 Å². The van der Waals surface area contributed by atoms with Crippen LogP contribution in [0.25, 0.3) is 22.1 Å². The maximum atomic E-state index is 13.5. The maximum absolute atomic E-state index is 13.5. The van der Waals surface area contributed by atoms with Crippen molar-refractivity contribution in [2.75, 3.05) is 0 Å². The van der Waals surface area contributed by atoms with E-state index in [0.717, 1.165) is 23.9 Å². The number of halogens is 5. The van der Waals surface area contributed by atoms with Crippen molar-refractivity contribution in [3.05, 3.63) is 46.2 Å². The number of rotatable bonds is 4. The summed E-state index contributed by atoms with van der Waals surface area (Å²) in [6.07, 6.45) is -3.18. The highest BCUT2D eigenvalue weighted by Crippen LogP contribution is 2.39. The van der Waals surface area contributed by atoms with E-state index in [1.807, 2.05) is 0 Å². The number of thioether (sulfide) groups is 1. The summed E-state index contributed by atoms with van der Waals surface area (Å²) in [5.74, 6) is -2.42. The molecule has 33 heavy (non-hydrogen) atoms. The van der Waals surface area contributed by atoms with E-state index in [1.165, 1.54) is 16.9 Å². The standard InChI is InChI=1S/C20H16F5N5O2S/c21-19(22)5-3-11(4-6-19)30-16-12(8-26-30)17(31)29-18(28-16)33-9-15-27-13-7-10(20(23,24)25)1-2-14(13)32-15/h1-2,7-8,11H,3-6,9H2,(H,28,29,31). The lowest BCUT2D eigenvalue weighted by molar-refractivity contribution is -0.137. The van der Waals surface area contributed by atoms with Crippen molar-refractivity contribution in [3.8, 4) is 0 Å². The molecule has 1 saturated carbocycles. The summed E-state index contributed by atoms with van der Waals surface area (Å²) in [4.78, 5) is 23.6. The van der Waals surface area contributed by atoms with Crippen molar-refractivity contribution in [2.24, 2.45) is 0 Å². The van der Waals surface area contributed by atoms with Crippen molar-refractivity contribution in [1.82, 2.24) is 24.7 Å². The molecule has 0 bridgehead atoms. The highest BCUT2D eigenvalue weighted by atomic mass is 32.2. The van der Waals surface area contributed by atoms with Crippen LogP contribution in [-0.2, 0) is 11.9 Å². The van der Waals surface area contributed by atoms with Crippen LogP contribution in [0.1, 0.15) is 43.2 Å². The Kier molecular flexibility index (Phi) is 5.18. The number of benzene rings is 1. The second-order valence-corrected chi connectivity index (χ2v) is 8.83. The van der Waals surface area contributed by atoms with Crippen molar-refractivity contribution < 1.29 is 26.4 Å². The van der Waals surface area contributed by atoms with Crippen LogP contribution >= 0.6 is 11.8 Å². The lowest BCUT2D eigenvalue weighted by Gasteiger charge is -2.28. The molecule has 13 heteroatoms. The predicted molar refractivity (Wildman–Crippen MR) is 109 cm³/mol. The van der Waals surface area contributed by atoms with Gasteiger partial charge >= 0.3 is 6.18 Å². The lowest BCUT2D eigenvalue weighted by Crippen LogP contribution is -2.27. The minimum Gasteiger partial charge on any atom is -0.440 e. The average molecular weight is 485 g/mol. The number of fused-ring (bicyclic) bond motifs is 2. The van der Waals surface area contributed by atoms with Gasteiger partial charge in [-0.05, 0) is 31.0 Å². The molecule has 0 aliphatic heterocycles. The van der Waals surface area contributed by atoms with Crippen LogP contribution in [0.4, 0.5) is 22.0 Å². The summed E-state index contributed by atoms with van der Waals surface area (Å²) < 4.78 is 72.7. The first-order valence-electron chi connectivity index (χ1n) is 10.0. The third-order valence-electron chi connectivity index (χ3n) is 5.57. The minimum absolute atomic E-state index is 0.0736. The molecule has 174 valence electrons. The first kappa shape index (κ1) is 21.9. The first-order chi connectivity index (χ1) is 15.6. The fourth-order valence-electron chi connectivity index (χ4n) is 3.86. The molecule has 5 rings (SSSR count). The Bertz CT molecular complexity index is 1380. The van der Waals surface area contributed by atoms with E-state index in [1.54, 1.807) is 0 Å². The molecule has 3 heterocycles. The number of nitrogens with zero attached hydrogens (tertiary/aromatic N) is 4. The van der Waals surface area contributed by atoms with Crippen LogP contribution in [0, 0.1) is 0 Å². The molecule has 1 aromatic carbocycles. The summed E-state index contributed by atoms with van der Waals surface area (Å²) in [5, 5.41) is 4.68. The second kappa shape index (κ2) is 7.82. The predicted octanol–water partition coefficient (Wildman–Crippen LogP) is 5.32. The summed E-state index contributed by atoms with van der Waals surface area (Å²) in [6, 6.07) is 2.75. The monoisotopic (exact) mass is 485 g/mol. The van der Waals surface area contributed by atoms with E-state index in [0.29, 0.717) is 5.65 Å². The fraction of sp³-hybridized carbons (Fsp3) is 0.400. The Morgan fingerprint density at radius 2 is 1.97 bits per heavy atom. The number of nitrogens with one attached hydrogen (secondary N) is 1. The zero-order chi connectivity index (χ0) is 23.4. The van der Waals surface area contributed by atoms with Gasteiger partial charge in [-0.1, -0.05) is 11.8 Å². The van der Waals surface area contributed by atoms with Gasteiger partial charge in [-0.3, -0.25) is 4.79 Å². The summed E-state index contributed by atoms with van der Waals surface area (Å²) >= 11 is 1.08. The average Bonchev–Trinajstić information content (AvgIpc) is 3.35. The highest BCUT2D eigenvalue weighted by molar-refractivity contribution is 7.98. The number of oxazole rings is 1. The van der Waals surface area contributed by atoms with Crippen LogP contribution in [0.5, 0.6) is 0 Å². The van der Waals surface area contributed by atoms with E-state index in [-0.39, 0.29) is 65.0 Å². The van der Waals surface area contributed by atoms with Crippen LogP contribution in [0.3, 0.4) is 0 Å². The normalized spacial score (nSPS) is 17.2. The Morgan fingerprint density at radius 1 is 1.21 bits per heavy atom. The van der Waals surface area contributed by atoms with Crippen molar-refractivity contribution in [2.45, 2.75) is 54.7 Å². The van der Waals surface area contributed by atoms with Gasteiger partial charge in [0.25, 0.3) is 5.56 Å². The molecule has 1 fully saturated rings. The molecule has 0 spiro atoms. The maximum Gasteiger partial charge on any atom is 0.416 e. The molecule has 7 nitrogen and oxygen atoms in total. The van der Waals surface area contributed by atoms with Gasteiger partial charge in [-0.25, -0.2) is 23.4 Å². The van der Waals surface area contributed by atoms with Gasteiger partial charge in [-0.15, -0.1) is 0 Å². The molecular weight excluding hydrogens is 469 g/mol. The Hall–Kier alpha value is -2.96. The number of aromatic nitrogens is 5. The van der Waals surface area contributed by atoms with E-state index >= 15 is 0 Å². The molecule has 0 atom stereocenters. The lowest BCUT2D eigenvalue weighted by atomic mass is 9.92. The number of hydrogen-bond donors (Lipinski definition) is 1. The molecule has 1 aliphatic carbocycles. The van der Waals surface area contributed by atoms with E-state index < -0.39 is 23.2 Å². The van der Waals surface area contributed by atoms with Gasteiger partial charge in [0.15, 0.2) is 16.4 Å².